The van der Waals surface area contributed by atoms with Crippen molar-refractivity contribution in [1.29, 1.82) is 0 Å². The Bertz CT molecular complexity index is 3680. The van der Waals surface area contributed by atoms with Crippen molar-refractivity contribution in [2.24, 2.45) is 23.7 Å². The van der Waals surface area contributed by atoms with Crippen LogP contribution in [0, 0.1) is 23.7 Å². The van der Waals surface area contributed by atoms with Crippen LogP contribution < -0.4 is 4.90 Å². The zero-order chi connectivity index (χ0) is 42.9. The first-order valence-corrected chi connectivity index (χ1v) is 24.8. The van der Waals surface area contributed by atoms with Crippen molar-refractivity contribution in [3.63, 3.8) is 0 Å². The van der Waals surface area contributed by atoms with E-state index in [0.29, 0.717) is 0 Å². The van der Waals surface area contributed by atoms with Gasteiger partial charge < -0.3 is 13.7 Å². The summed E-state index contributed by atoms with van der Waals surface area (Å²) in [7, 11) is 0. The van der Waals surface area contributed by atoms with E-state index in [-0.39, 0.29) is 10.8 Å². The second-order valence-corrected chi connectivity index (χ2v) is 21.1. The van der Waals surface area contributed by atoms with E-state index in [4.69, 9.17) is 8.83 Å². The Labute approximate surface area is 384 Å². The van der Waals surface area contributed by atoms with Gasteiger partial charge in [-0.05, 0) is 173 Å². The molecule has 0 unspecified atom stereocenters. The summed E-state index contributed by atoms with van der Waals surface area (Å²) in [5.41, 5.74) is 21.5. The van der Waals surface area contributed by atoms with Crippen LogP contribution in [0.4, 0.5) is 17.1 Å². The maximum atomic E-state index is 7.11. The number of hydrogen-bond acceptors (Lipinski definition) is 3. The minimum atomic E-state index is 0.0476. The van der Waals surface area contributed by atoms with Gasteiger partial charge in [0, 0.05) is 44.1 Å². The molecule has 4 bridgehead atoms. The second-order valence-electron chi connectivity index (χ2n) is 21.1. The Kier molecular flexibility index (Phi) is 7.14. The molecule has 0 atom stereocenters. The van der Waals surface area contributed by atoms with Crippen LogP contribution in [0.15, 0.2) is 173 Å². The molecule has 0 saturated heterocycles. The summed E-state index contributed by atoms with van der Waals surface area (Å²) in [6.45, 7) is 0. The summed E-state index contributed by atoms with van der Waals surface area (Å²) in [5.74, 6) is 3.33. The highest BCUT2D eigenvalue weighted by Crippen LogP contribution is 2.70. The molecule has 0 N–H and O–H groups in total. The van der Waals surface area contributed by atoms with Crippen molar-refractivity contribution in [2.45, 2.75) is 68.6 Å². The van der Waals surface area contributed by atoms with Gasteiger partial charge in [-0.3, -0.25) is 0 Å². The van der Waals surface area contributed by atoms with Gasteiger partial charge in [0.1, 0.15) is 16.7 Å². The van der Waals surface area contributed by atoms with Crippen molar-refractivity contribution in [2.75, 3.05) is 4.90 Å². The van der Waals surface area contributed by atoms with Crippen molar-refractivity contribution < 1.29 is 8.83 Å². The van der Waals surface area contributed by atoms with E-state index in [1.807, 2.05) is 0 Å². The van der Waals surface area contributed by atoms with Crippen LogP contribution in [0.3, 0.4) is 0 Å². The standard InChI is InChI=1S/C63H49NO2/c1-4-16-52-45(11-1)46-24-22-42(35-55(46)62(52)27-7-8-28-62)64(43-23-25-48-47-12-3-6-20-57(47)65-59(48)36-43)56-19-10-15-49-51-34-39(21-26-58(51)66-61(49)56)44-14-9-18-54-60(44)50-13-2-5-17-53(50)63(54)40-30-37-29-38(32-40)33-41(63)31-37/h1-6,9-26,34-38,40-41H,7-8,27-33H2. The summed E-state index contributed by atoms with van der Waals surface area (Å²) in [6.07, 6.45) is 11.9. The lowest BCUT2D eigenvalue weighted by atomic mass is 9.43. The number of furan rings is 2. The lowest BCUT2D eigenvalue weighted by molar-refractivity contribution is -0.0399. The molecule has 2 aromatic heterocycles. The molecule has 318 valence electrons. The highest BCUT2D eigenvalue weighted by atomic mass is 16.3. The molecule has 3 nitrogen and oxygen atoms in total. The molecule has 3 heteroatoms. The van der Waals surface area contributed by atoms with Gasteiger partial charge in [-0.15, -0.1) is 0 Å². The maximum Gasteiger partial charge on any atom is 0.159 e. The molecule has 17 rings (SSSR count). The predicted octanol–water partition coefficient (Wildman–Crippen LogP) is 17.2. The van der Waals surface area contributed by atoms with E-state index >= 15 is 0 Å². The molecule has 66 heavy (non-hydrogen) atoms. The highest BCUT2D eigenvalue weighted by Gasteiger charge is 2.61. The Morgan fingerprint density at radius 2 is 1.08 bits per heavy atom. The number of para-hydroxylation sites is 2. The summed E-state index contributed by atoms with van der Waals surface area (Å²) in [6, 6.07) is 62.0. The Morgan fingerprint density at radius 3 is 1.94 bits per heavy atom. The van der Waals surface area contributed by atoms with E-state index < -0.39 is 0 Å². The molecule has 5 saturated carbocycles. The summed E-state index contributed by atoms with van der Waals surface area (Å²) in [5, 5.41) is 4.55. The van der Waals surface area contributed by atoms with Gasteiger partial charge in [0.2, 0.25) is 0 Å². The predicted molar refractivity (Wildman–Crippen MR) is 269 cm³/mol. The number of rotatable bonds is 4. The fourth-order valence-electron chi connectivity index (χ4n) is 15.9. The van der Waals surface area contributed by atoms with Crippen LogP contribution in [-0.4, -0.2) is 0 Å². The van der Waals surface area contributed by atoms with Gasteiger partial charge in [-0.1, -0.05) is 122 Å². The van der Waals surface area contributed by atoms with Gasteiger partial charge in [0.15, 0.2) is 5.58 Å². The minimum absolute atomic E-state index is 0.0476. The third-order valence-corrected chi connectivity index (χ3v) is 18.2. The normalized spacial score (nSPS) is 23.7. The lowest BCUT2D eigenvalue weighted by Crippen LogP contribution is -2.55. The van der Waals surface area contributed by atoms with Gasteiger partial charge in [0.05, 0.1) is 11.4 Å². The number of hydrogen-bond donors (Lipinski definition) is 0. The minimum Gasteiger partial charge on any atom is -0.456 e. The van der Waals surface area contributed by atoms with Crippen molar-refractivity contribution in [3.8, 4) is 33.4 Å². The third kappa shape index (κ3) is 4.59. The Hall–Kier alpha value is -6.84. The molecule has 7 aliphatic rings. The zero-order valence-electron chi connectivity index (χ0n) is 37.0. The fourth-order valence-corrected chi connectivity index (χ4v) is 15.9. The lowest BCUT2D eigenvalue weighted by Gasteiger charge is -2.61. The van der Waals surface area contributed by atoms with E-state index in [9.17, 15) is 0 Å². The van der Waals surface area contributed by atoms with E-state index in [1.54, 1.807) is 11.1 Å². The van der Waals surface area contributed by atoms with E-state index in [1.165, 1.54) is 102 Å². The molecule has 2 heterocycles. The average Bonchev–Trinajstić information content (AvgIpc) is 4.19. The molecule has 0 aliphatic heterocycles. The molecule has 5 fully saturated rings. The molecule has 10 aromatic rings. The molecule has 0 radical (unpaired) electrons. The number of benzene rings is 8. The third-order valence-electron chi connectivity index (χ3n) is 18.2. The van der Waals surface area contributed by atoms with Crippen LogP contribution in [0.2, 0.25) is 0 Å². The molecule has 8 aromatic carbocycles. The van der Waals surface area contributed by atoms with Crippen LogP contribution in [0.5, 0.6) is 0 Å². The van der Waals surface area contributed by atoms with Crippen molar-refractivity contribution in [3.05, 3.63) is 186 Å². The maximum absolute atomic E-state index is 7.11. The number of fused-ring (bicyclic) bond motifs is 14. The van der Waals surface area contributed by atoms with Crippen LogP contribution in [-0.2, 0) is 10.8 Å². The van der Waals surface area contributed by atoms with Crippen LogP contribution in [0.25, 0.3) is 77.3 Å². The Balaban J connectivity index is 0.882. The monoisotopic (exact) mass is 851 g/mol. The summed E-state index contributed by atoms with van der Waals surface area (Å²) < 4.78 is 13.7. The van der Waals surface area contributed by atoms with Crippen LogP contribution in [0.1, 0.15) is 80.0 Å². The first kappa shape index (κ1) is 36.4. The first-order valence-electron chi connectivity index (χ1n) is 24.8. The topological polar surface area (TPSA) is 29.5 Å². The second kappa shape index (κ2) is 12.9. The van der Waals surface area contributed by atoms with Gasteiger partial charge in [-0.25, -0.2) is 0 Å². The highest BCUT2D eigenvalue weighted by molar-refractivity contribution is 6.12. The molecular formula is C63H49NO2. The molecule has 7 aliphatic carbocycles. The van der Waals surface area contributed by atoms with E-state index in [2.05, 4.69) is 169 Å². The quantitative estimate of drug-likeness (QED) is 0.177. The number of nitrogens with zero attached hydrogens (tertiary/aromatic N) is 1. The van der Waals surface area contributed by atoms with Crippen molar-refractivity contribution in [1.82, 2.24) is 0 Å². The summed E-state index contributed by atoms with van der Waals surface area (Å²) in [4.78, 5) is 2.43. The first-order chi connectivity index (χ1) is 32.6. The van der Waals surface area contributed by atoms with Gasteiger partial charge >= 0.3 is 0 Å². The SMILES string of the molecule is c1ccc2c(c1)-c1ccc(N(c3ccc4c(c3)oc3ccccc34)c3cccc4c3oc3ccc(-c5cccc6c5-c5ccccc5C65C6CC7CC(C6)CC5C7)cc34)cc1C21CCCC1. The molecular weight excluding hydrogens is 803 g/mol. The van der Waals surface area contributed by atoms with E-state index in [0.717, 1.165) is 84.6 Å². The summed E-state index contributed by atoms with van der Waals surface area (Å²) >= 11 is 0. The van der Waals surface area contributed by atoms with Gasteiger partial charge in [-0.2, -0.15) is 0 Å². The zero-order valence-corrected chi connectivity index (χ0v) is 37.0. The Morgan fingerprint density at radius 1 is 0.424 bits per heavy atom. The molecule has 0 amide bonds. The van der Waals surface area contributed by atoms with Crippen LogP contribution >= 0.6 is 0 Å². The smallest absolute Gasteiger partial charge is 0.159 e. The average molecular weight is 852 g/mol. The largest absolute Gasteiger partial charge is 0.456 e. The van der Waals surface area contributed by atoms with Gasteiger partial charge in [0.25, 0.3) is 0 Å². The number of anilines is 3. The fraction of sp³-hybridized carbons (Fsp3) is 0.238. The van der Waals surface area contributed by atoms with Crippen molar-refractivity contribution >= 4 is 60.9 Å². The molecule has 2 spiro atoms.